The first-order valence-electron chi connectivity index (χ1n) is 5.64. The third-order valence-corrected chi connectivity index (χ3v) is 3.14. The topological polar surface area (TPSA) is 65.3 Å². The van der Waals surface area contributed by atoms with Crippen LogP contribution >= 0.6 is 15.9 Å². The van der Waals surface area contributed by atoms with E-state index in [1.165, 1.54) is 6.07 Å². The zero-order chi connectivity index (χ0) is 13.7. The minimum Gasteiger partial charge on any atom is -0.490 e. The van der Waals surface area contributed by atoms with Crippen LogP contribution in [0.2, 0.25) is 0 Å². The predicted octanol–water partition coefficient (Wildman–Crippen LogP) is 3.37. The monoisotopic (exact) mass is 322 g/mol. The first kappa shape index (κ1) is 13.5. The third kappa shape index (κ3) is 3.51. The number of rotatable bonds is 5. The molecular weight excluding hydrogens is 312 g/mol. The largest absolute Gasteiger partial charge is 0.490 e. The van der Waals surface area contributed by atoms with Gasteiger partial charge in [-0.3, -0.25) is 10.1 Å². The number of nitro benzene ring substituents is 1. The molecular formula is C13H11BrN2O3. The van der Waals surface area contributed by atoms with Gasteiger partial charge in [0, 0.05) is 24.2 Å². The minimum absolute atomic E-state index is 0.122. The molecule has 6 heteroatoms. The highest BCUT2D eigenvalue weighted by atomic mass is 79.9. The minimum atomic E-state index is -0.380. The number of ether oxygens (including phenoxy) is 1. The number of hydrogen-bond acceptors (Lipinski definition) is 4. The molecule has 1 aromatic carbocycles. The normalized spacial score (nSPS) is 10.2. The highest BCUT2D eigenvalue weighted by Crippen LogP contribution is 2.22. The van der Waals surface area contributed by atoms with Crippen molar-refractivity contribution in [2.45, 2.75) is 6.42 Å². The summed E-state index contributed by atoms with van der Waals surface area (Å²) in [6, 6.07) is 10.2. The summed E-state index contributed by atoms with van der Waals surface area (Å²) in [4.78, 5) is 14.5. The van der Waals surface area contributed by atoms with E-state index in [4.69, 9.17) is 4.74 Å². The van der Waals surface area contributed by atoms with Gasteiger partial charge in [-0.05, 0) is 28.1 Å². The fourth-order valence-electron chi connectivity index (χ4n) is 1.65. The Morgan fingerprint density at radius 3 is 2.79 bits per heavy atom. The number of aromatic nitrogens is 1. The summed E-state index contributed by atoms with van der Waals surface area (Å²) < 4.78 is 6.17. The number of hydrogen-bond donors (Lipinski definition) is 0. The first-order chi connectivity index (χ1) is 9.18. The van der Waals surface area contributed by atoms with Gasteiger partial charge in [0.15, 0.2) is 5.75 Å². The average molecular weight is 323 g/mol. The van der Waals surface area contributed by atoms with Crippen LogP contribution in [0.3, 0.4) is 0 Å². The molecule has 2 rings (SSSR count). The maximum absolute atomic E-state index is 10.9. The molecule has 5 nitrogen and oxygen atoms in total. The highest BCUT2D eigenvalue weighted by Gasteiger charge is 2.12. The summed E-state index contributed by atoms with van der Waals surface area (Å²) in [7, 11) is 0. The summed E-state index contributed by atoms with van der Waals surface area (Å²) >= 11 is 3.28. The second-order valence-electron chi connectivity index (χ2n) is 3.78. The van der Waals surface area contributed by atoms with E-state index in [-0.39, 0.29) is 10.6 Å². The van der Waals surface area contributed by atoms with Crippen LogP contribution in [0.15, 0.2) is 47.2 Å². The molecule has 2 aromatic rings. The number of nitrogens with zero attached hydrogens (tertiary/aromatic N) is 2. The Hall–Kier alpha value is -1.95. The molecule has 0 spiro atoms. The van der Waals surface area contributed by atoms with Crippen molar-refractivity contribution in [3.05, 3.63) is 62.9 Å². The fourth-order valence-corrected chi connectivity index (χ4v) is 2.02. The molecule has 1 heterocycles. The molecule has 98 valence electrons. The van der Waals surface area contributed by atoms with Crippen molar-refractivity contribution in [3.63, 3.8) is 0 Å². The quantitative estimate of drug-likeness (QED) is 0.481. The zero-order valence-electron chi connectivity index (χ0n) is 9.95. The number of benzene rings is 1. The van der Waals surface area contributed by atoms with E-state index in [0.717, 1.165) is 0 Å². The predicted molar refractivity (Wildman–Crippen MR) is 74.2 cm³/mol. The van der Waals surface area contributed by atoms with E-state index < -0.39 is 0 Å². The first-order valence-corrected chi connectivity index (χ1v) is 6.43. The molecule has 0 saturated heterocycles. The van der Waals surface area contributed by atoms with Crippen LogP contribution in [-0.2, 0) is 6.42 Å². The number of pyridine rings is 1. The van der Waals surface area contributed by atoms with Gasteiger partial charge < -0.3 is 4.74 Å². The second kappa shape index (κ2) is 6.29. The summed E-state index contributed by atoms with van der Waals surface area (Å²) in [6.45, 7) is 0.356. The lowest BCUT2D eigenvalue weighted by molar-refractivity contribution is -0.385. The molecule has 0 amide bonds. The average Bonchev–Trinajstić information content (AvgIpc) is 2.41. The molecule has 1 aromatic heterocycles. The van der Waals surface area contributed by atoms with Crippen LogP contribution in [0.4, 0.5) is 5.69 Å². The highest BCUT2D eigenvalue weighted by molar-refractivity contribution is 9.10. The van der Waals surface area contributed by atoms with Crippen molar-refractivity contribution >= 4 is 21.6 Å². The lowest BCUT2D eigenvalue weighted by Gasteiger charge is -2.07. The van der Waals surface area contributed by atoms with Crippen molar-refractivity contribution in [1.82, 2.24) is 4.98 Å². The molecule has 0 aliphatic rings. The lowest BCUT2D eigenvalue weighted by Crippen LogP contribution is -2.04. The Labute approximate surface area is 118 Å². The van der Waals surface area contributed by atoms with Crippen molar-refractivity contribution in [2.24, 2.45) is 0 Å². The summed E-state index contributed by atoms with van der Waals surface area (Å²) in [6.07, 6.45) is 2.12. The van der Waals surface area contributed by atoms with Crippen LogP contribution < -0.4 is 4.74 Å². The van der Waals surface area contributed by atoms with E-state index in [1.807, 2.05) is 0 Å². The van der Waals surface area contributed by atoms with Crippen molar-refractivity contribution in [1.29, 1.82) is 0 Å². The number of halogens is 1. The third-order valence-electron chi connectivity index (χ3n) is 2.54. The molecule has 0 unspecified atom stereocenters. The van der Waals surface area contributed by atoms with E-state index in [2.05, 4.69) is 20.9 Å². The Kier molecular flexibility index (Phi) is 4.46. The molecule has 19 heavy (non-hydrogen) atoms. The number of nitro groups is 1. The molecule has 0 fully saturated rings. The maximum Gasteiger partial charge on any atom is 0.272 e. The van der Waals surface area contributed by atoms with Crippen LogP contribution in [0, 0.1) is 10.1 Å². The molecule has 0 bridgehead atoms. The van der Waals surface area contributed by atoms with Crippen molar-refractivity contribution in [2.75, 3.05) is 6.61 Å². The molecule has 0 N–H and O–H groups in total. The Bertz CT molecular complexity index is 590. The van der Waals surface area contributed by atoms with Crippen LogP contribution in [-0.4, -0.2) is 16.5 Å². The van der Waals surface area contributed by atoms with Gasteiger partial charge in [-0.1, -0.05) is 18.2 Å². The van der Waals surface area contributed by atoms with Crippen molar-refractivity contribution < 1.29 is 9.66 Å². The van der Waals surface area contributed by atoms with Crippen LogP contribution in [0.25, 0.3) is 0 Å². The SMILES string of the molecule is O=[N+]([O-])c1ccccc1CCOc1cccnc1Br. The van der Waals surface area contributed by atoms with Crippen molar-refractivity contribution in [3.8, 4) is 5.75 Å². The van der Waals surface area contributed by atoms with Gasteiger partial charge in [0.25, 0.3) is 5.69 Å². The lowest BCUT2D eigenvalue weighted by atomic mass is 10.1. The van der Waals surface area contributed by atoms with E-state index in [0.29, 0.717) is 28.9 Å². The molecule has 0 aliphatic heterocycles. The Morgan fingerprint density at radius 2 is 2.05 bits per heavy atom. The summed E-state index contributed by atoms with van der Waals surface area (Å²) in [5.74, 6) is 0.626. The fraction of sp³-hybridized carbons (Fsp3) is 0.154. The number of para-hydroxylation sites is 1. The Balaban J connectivity index is 2.00. The van der Waals surface area contributed by atoms with Gasteiger partial charge in [0.2, 0.25) is 0 Å². The maximum atomic E-state index is 10.9. The van der Waals surface area contributed by atoms with Gasteiger partial charge in [0.1, 0.15) is 4.60 Å². The van der Waals surface area contributed by atoms with Gasteiger partial charge in [0.05, 0.1) is 11.5 Å². The molecule has 0 aliphatic carbocycles. The molecule has 0 atom stereocenters. The standard InChI is InChI=1S/C13H11BrN2O3/c14-13-12(6-3-8-15-13)19-9-7-10-4-1-2-5-11(10)16(17)18/h1-6,8H,7,9H2. The summed E-state index contributed by atoms with van der Waals surface area (Å²) in [5, 5.41) is 10.9. The summed E-state index contributed by atoms with van der Waals surface area (Å²) in [5.41, 5.74) is 0.781. The van der Waals surface area contributed by atoms with Crippen LogP contribution in [0.1, 0.15) is 5.56 Å². The van der Waals surface area contributed by atoms with Crippen LogP contribution in [0.5, 0.6) is 5.75 Å². The van der Waals surface area contributed by atoms with Gasteiger partial charge in [-0.25, -0.2) is 4.98 Å². The zero-order valence-corrected chi connectivity index (χ0v) is 11.5. The van der Waals surface area contributed by atoms with Gasteiger partial charge >= 0.3 is 0 Å². The van der Waals surface area contributed by atoms with E-state index >= 15 is 0 Å². The van der Waals surface area contributed by atoms with E-state index in [1.54, 1.807) is 36.5 Å². The van der Waals surface area contributed by atoms with E-state index in [9.17, 15) is 10.1 Å². The van der Waals surface area contributed by atoms with Gasteiger partial charge in [-0.2, -0.15) is 0 Å². The smallest absolute Gasteiger partial charge is 0.272 e. The molecule has 0 radical (unpaired) electrons. The second-order valence-corrected chi connectivity index (χ2v) is 4.53. The molecule has 0 saturated carbocycles. The van der Waals surface area contributed by atoms with Gasteiger partial charge in [-0.15, -0.1) is 0 Å². The Morgan fingerprint density at radius 1 is 1.26 bits per heavy atom.